The summed E-state index contributed by atoms with van der Waals surface area (Å²) in [7, 11) is 0. The summed E-state index contributed by atoms with van der Waals surface area (Å²) in [5.41, 5.74) is 0.338. The summed E-state index contributed by atoms with van der Waals surface area (Å²) in [6, 6.07) is 0. The zero-order valence-electron chi connectivity index (χ0n) is 18.5. The van der Waals surface area contributed by atoms with Gasteiger partial charge < -0.3 is 14.9 Å². The average Bonchev–Trinajstić information content (AvgIpc) is 3.32. The van der Waals surface area contributed by atoms with Crippen molar-refractivity contribution in [1.82, 2.24) is 0 Å². The summed E-state index contributed by atoms with van der Waals surface area (Å²) in [5, 5.41) is 0. The van der Waals surface area contributed by atoms with E-state index in [1.54, 1.807) is 0 Å². The Morgan fingerprint density at radius 2 is 1.39 bits per heavy atom. The second-order valence-electron chi connectivity index (χ2n) is 7.84. The number of rotatable bonds is 1. The summed E-state index contributed by atoms with van der Waals surface area (Å²) in [5.74, 6) is 1.77. The molecular weight excluding hydrogens is 424 g/mol. The molecule has 0 radical (unpaired) electrons. The van der Waals surface area contributed by atoms with Gasteiger partial charge in [0.2, 0.25) is 0 Å². The first kappa shape index (κ1) is 32.4. The average molecular weight is 466 g/mol. The van der Waals surface area contributed by atoms with E-state index in [2.05, 4.69) is 69.2 Å². The first-order valence-corrected chi connectivity index (χ1v) is 10.1. The monoisotopic (exact) mass is 466 g/mol. The fourth-order valence-electron chi connectivity index (χ4n) is 4.30. The van der Waals surface area contributed by atoms with Crippen molar-refractivity contribution in [3.8, 4) is 0 Å². The molecule has 0 bridgehead atoms. The molecule has 0 saturated heterocycles. The fourth-order valence-corrected chi connectivity index (χ4v) is 4.30. The van der Waals surface area contributed by atoms with E-state index in [0.717, 1.165) is 18.3 Å². The van der Waals surface area contributed by atoms with Crippen LogP contribution in [-0.4, -0.2) is 0 Å². The molecule has 162 valence electrons. The predicted octanol–water partition coefficient (Wildman–Crippen LogP) is 8.31. The van der Waals surface area contributed by atoms with Gasteiger partial charge in [0.05, 0.1) is 0 Å². The molecule has 28 heavy (non-hydrogen) atoms. The molecule has 2 heteroatoms. The molecule has 0 aromatic carbocycles. The molecule has 0 nitrogen and oxygen atoms in total. The van der Waals surface area contributed by atoms with Gasteiger partial charge in [0.1, 0.15) is 0 Å². The van der Waals surface area contributed by atoms with Crippen molar-refractivity contribution in [1.29, 1.82) is 0 Å². The number of hydrogen-bond acceptors (Lipinski definition) is 0. The molecule has 2 fully saturated rings. The van der Waals surface area contributed by atoms with Crippen LogP contribution in [0, 0.1) is 44.9 Å². The zero-order chi connectivity index (χ0) is 17.1. The maximum absolute atomic E-state index is 2.41. The van der Waals surface area contributed by atoms with E-state index in [1.165, 1.54) is 51.4 Å². The maximum atomic E-state index is 2.41. The molecule has 4 aliphatic rings. The largest absolute Gasteiger partial charge is 2.00 e. The molecule has 2 saturated carbocycles. The molecule has 0 heterocycles. The van der Waals surface area contributed by atoms with Crippen LogP contribution in [0.2, 0.25) is 0 Å². The molecule has 0 N–H and O–H groups in total. The SMILES string of the molecule is C1=C[CH-]CC=C1.C1CCCC1.CC1CCCC1C1(C)C=CC=C[CH-]1.[CH3-].[CH3-].[Fe+2].[Fe+2]. The van der Waals surface area contributed by atoms with E-state index in [4.69, 9.17) is 0 Å². The minimum absolute atomic E-state index is 0. The third-order valence-corrected chi connectivity index (χ3v) is 5.81. The Labute approximate surface area is 198 Å². The summed E-state index contributed by atoms with van der Waals surface area (Å²) >= 11 is 0. The summed E-state index contributed by atoms with van der Waals surface area (Å²) < 4.78 is 0. The van der Waals surface area contributed by atoms with Gasteiger partial charge in [-0.1, -0.05) is 77.0 Å². The Kier molecular flexibility index (Phi) is 21.7. The summed E-state index contributed by atoms with van der Waals surface area (Å²) in [6.07, 6.45) is 34.5. The first-order valence-electron chi connectivity index (χ1n) is 10.1. The van der Waals surface area contributed by atoms with E-state index in [1.807, 2.05) is 6.08 Å². The minimum atomic E-state index is 0. The van der Waals surface area contributed by atoms with Crippen LogP contribution < -0.4 is 0 Å². The van der Waals surface area contributed by atoms with Gasteiger partial charge in [-0.15, -0.1) is 24.3 Å². The Morgan fingerprint density at radius 1 is 0.786 bits per heavy atom. The van der Waals surface area contributed by atoms with Crippen molar-refractivity contribution in [2.75, 3.05) is 0 Å². The van der Waals surface area contributed by atoms with Crippen LogP contribution in [0.1, 0.15) is 71.6 Å². The van der Waals surface area contributed by atoms with E-state index in [0.29, 0.717) is 5.41 Å². The van der Waals surface area contributed by atoms with Gasteiger partial charge in [0, 0.05) is 0 Å². The fraction of sp³-hybridized carbons (Fsp3) is 0.538. The van der Waals surface area contributed by atoms with Gasteiger partial charge in [-0.25, -0.2) is 37.1 Å². The van der Waals surface area contributed by atoms with E-state index in [-0.39, 0.29) is 49.0 Å². The zero-order valence-corrected chi connectivity index (χ0v) is 20.7. The molecule has 0 spiro atoms. The van der Waals surface area contributed by atoms with Gasteiger partial charge in [-0.3, -0.25) is 0 Å². The first-order chi connectivity index (χ1) is 11.7. The van der Waals surface area contributed by atoms with Crippen LogP contribution in [0.4, 0.5) is 0 Å². The summed E-state index contributed by atoms with van der Waals surface area (Å²) in [6.45, 7) is 4.78. The summed E-state index contributed by atoms with van der Waals surface area (Å²) in [4.78, 5) is 0. The quantitative estimate of drug-likeness (QED) is 0.269. The molecule has 0 aliphatic heterocycles. The normalized spacial score (nSPS) is 28.2. The molecule has 4 aliphatic carbocycles. The van der Waals surface area contributed by atoms with Gasteiger partial charge in [0.15, 0.2) is 0 Å². The van der Waals surface area contributed by atoms with Gasteiger partial charge in [0.25, 0.3) is 0 Å². The van der Waals surface area contributed by atoms with Gasteiger partial charge in [-0.2, -0.15) is 0 Å². The van der Waals surface area contributed by atoms with Crippen molar-refractivity contribution < 1.29 is 34.1 Å². The maximum Gasteiger partial charge on any atom is 2.00 e. The van der Waals surface area contributed by atoms with Gasteiger partial charge >= 0.3 is 34.1 Å². The van der Waals surface area contributed by atoms with Crippen LogP contribution in [0.15, 0.2) is 48.6 Å². The van der Waals surface area contributed by atoms with Crippen LogP contribution in [0.3, 0.4) is 0 Å². The number of hydrogen-bond donors (Lipinski definition) is 0. The van der Waals surface area contributed by atoms with Crippen molar-refractivity contribution in [2.45, 2.75) is 71.6 Å². The second-order valence-corrected chi connectivity index (χ2v) is 7.84. The Balaban J connectivity index is -0.000000356. The van der Waals surface area contributed by atoms with Gasteiger partial charge in [-0.05, 0) is 11.8 Å². The van der Waals surface area contributed by atoms with Crippen LogP contribution in [0.25, 0.3) is 0 Å². The number of allylic oxidation sites excluding steroid dienone is 8. The van der Waals surface area contributed by atoms with Crippen molar-refractivity contribution >= 4 is 0 Å². The molecule has 3 atom stereocenters. The van der Waals surface area contributed by atoms with Crippen LogP contribution in [0.5, 0.6) is 0 Å². The van der Waals surface area contributed by atoms with Crippen molar-refractivity contribution in [3.63, 3.8) is 0 Å². The Morgan fingerprint density at radius 3 is 1.71 bits per heavy atom. The smallest absolute Gasteiger partial charge is 0.358 e. The molecule has 0 aromatic heterocycles. The predicted molar refractivity (Wildman–Crippen MR) is 120 cm³/mol. The van der Waals surface area contributed by atoms with Crippen molar-refractivity contribution in [2.24, 2.45) is 17.3 Å². The Bertz CT molecular complexity index is 437. The topological polar surface area (TPSA) is 0 Å². The van der Waals surface area contributed by atoms with Crippen LogP contribution >= 0.6 is 0 Å². The molecular formula is C26H42Fe2. The van der Waals surface area contributed by atoms with E-state index >= 15 is 0 Å². The molecule has 0 aromatic rings. The van der Waals surface area contributed by atoms with E-state index < -0.39 is 0 Å². The third kappa shape index (κ3) is 11.7. The molecule has 4 rings (SSSR count). The standard InChI is InChI=1S/C13H19.C6H7.C5H10.2CH3.2Fe/c1-11-7-6-8-12(11)13(2)9-4-3-5-10-13;1-2-4-6-5-3-1;1-2-4-5-3-1;;;;/h3-5,9-12H,6-8H2,1-2H3;1-5H,6H2;1-5H2;2*1H3;;/q2*-1;;2*-1;2*+2. The minimum Gasteiger partial charge on any atom is -0.358 e. The van der Waals surface area contributed by atoms with Crippen molar-refractivity contribution in [3.05, 3.63) is 76.3 Å². The second kappa shape index (κ2) is 18.7. The Hall–Kier alpha value is -0.261. The third-order valence-electron chi connectivity index (χ3n) is 5.81. The van der Waals surface area contributed by atoms with Crippen LogP contribution in [-0.2, 0) is 34.1 Å². The molecule has 0 amide bonds. The molecule has 3 unspecified atom stereocenters. The van der Waals surface area contributed by atoms with E-state index in [9.17, 15) is 0 Å².